The molecule has 0 aliphatic heterocycles. The van der Waals surface area contributed by atoms with Crippen molar-refractivity contribution in [1.82, 2.24) is 19.9 Å². The Morgan fingerprint density at radius 1 is 0.426 bits per heavy atom. The maximum atomic E-state index is 8.25. The number of benzene rings is 2. The molecule has 0 aliphatic rings. The number of pyridine rings is 4. The third-order valence-corrected chi connectivity index (χ3v) is 7.82. The van der Waals surface area contributed by atoms with E-state index in [0.29, 0.717) is 11.8 Å². The summed E-state index contributed by atoms with van der Waals surface area (Å²) < 4.78 is 0. The fourth-order valence-corrected chi connectivity index (χ4v) is 5.38. The van der Waals surface area contributed by atoms with Gasteiger partial charge in [-0.25, -0.2) is 0 Å². The third kappa shape index (κ3) is 19.7. The van der Waals surface area contributed by atoms with Crippen LogP contribution in [0.25, 0.3) is 0 Å². The maximum absolute atomic E-state index is 8.25. The van der Waals surface area contributed by atoms with Crippen molar-refractivity contribution in [1.29, 1.82) is 0 Å². The predicted octanol–water partition coefficient (Wildman–Crippen LogP) is 8.22. The summed E-state index contributed by atoms with van der Waals surface area (Å²) in [4.78, 5) is 34.4. The van der Waals surface area contributed by atoms with Gasteiger partial charge in [0.25, 0.3) is 0 Å². The van der Waals surface area contributed by atoms with Crippen molar-refractivity contribution in [3.63, 3.8) is 0 Å². The Balaban J connectivity index is 0.000000437. The van der Waals surface area contributed by atoms with E-state index in [0.717, 1.165) is 48.5 Å². The molecule has 54 heavy (non-hydrogen) atoms. The molecule has 14 heteroatoms. The summed E-state index contributed by atoms with van der Waals surface area (Å²) in [5.41, 5.74) is 9.79. The fourth-order valence-electron chi connectivity index (χ4n) is 5.38. The van der Waals surface area contributed by atoms with E-state index in [-0.39, 0.29) is 44.8 Å². The molecule has 0 saturated carbocycles. The van der Waals surface area contributed by atoms with Crippen LogP contribution in [0.2, 0.25) is 0 Å². The van der Waals surface area contributed by atoms with Crippen molar-refractivity contribution in [3.8, 4) is 0 Å². The minimum absolute atomic E-state index is 0. The standard InChI is InChI=1S/2C20H20N2.2Ag.2NO3/c2*1-16-8-10-17(11-9-16)18(14-19-6-2-4-12-21-19)15-20-7-3-5-13-22-20;;;2*2-1(3)4/h2*2-13,18H,14-15H2,1H3;;;;/q;;2*+1;2*-1. The zero-order valence-corrected chi connectivity index (χ0v) is 32.5. The molecule has 6 aromatic rings. The smallest absolute Gasteiger partial charge is 0.356 e. The van der Waals surface area contributed by atoms with Crippen LogP contribution >= 0.6 is 0 Å². The molecule has 0 radical (unpaired) electrons. The first-order chi connectivity index (χ1) is 25.1. The van der Waals surface area contributed by atoms with Crippen LogP contribution in [0.5, 0.6) is 0 Å². The molecule has 0 amide bonds. The molecular formula is C40H40Ag2N6O6. The van der Waals surface area contributed by atoms with Gasteiger partial charge >= 0.3 is 44.8 Å². The summed E-state index contributed by atoms with van der Waals surface area (Å²) in [6.07, 6.45) is 11.2. The number of aromatic nitrogens is 4. The Labute approximate surface area is 346 Å². The van der Waals surface area contributed by atoms with Gasteiger partial charge in [0.05, 0.1) is 10.2 Å². The van der Waals surface area contributed by atoms with E-state index in [1.54, 1.807) is 0 Å². The predicted molar refractivity (Wildman–Crippen MR) is 200 cm³/mol. The van der Waals surface area contributed by atoms with Crippen LogP contribution < -0.4 is 0 Å². The topological polar surface area (TPSA) is 184 Å². The summed E-state index contributed by atoms with van der Waals surface area (Å²) in [5, 5.41) is 29.5. The first kappa shape index (κ1) is 46.9. The van der Waals surface area contributed by atoms with E-state index in [1.807, 2.05) is 49.1 Å². The molecule has 4 aromatic heterocycles. The van der Waals surface area contributed by atoms with Crippen molar-refractivity contribution in [2.24, 2.45) is 0 Å². The Morgan fingerprint density at radius 2 is 0.648 bits per heavy atom. The van der Waals surface area contributed by atoms with Crippen LogP contribution in [0.1, 0.15) is 56.9 Å². The number of aryl methyl sites for hydroxylation is 2. The quantitative estimate of drug-likeness (QED) is 0.0737. The van der Waals surface area contributed by atoms with Crippen LogP contribution in [0.3, 0.4) is 0 Å². The van der Waals surface area contributed by atoms with Crippen molar-refractivity contribution in [2.45, 2.75) is 51.4 Å². The number of rotatable bonds is 10. The van der Waals surface area contributed by atoms with Crippen LogP contribution in [-0.2, 0) is 70.4 Å². The molecule has 0 spiro atoms. The van der Waals surface area contributed by atoms with E-state index in [4.69, 9.17) is 30.6 Å². The molecule has 0 aliphatic carbocycles. The summed E-state index contributed by atoms with van der Waals surface area (Å²) in [6, 6.07) is 42.1. The summed E-state index contributed by atoms with van der Waals surface area (Å²) in [6.45, 7) is 4.24. The second-order valence-electron chi connectivity index (χ2n) is 11.8. The molecule has 288 valence electrons. The molecule has 4 heterocycles. The minimum Gasteiger partial charge on any atom is -0.356 e. The first-order valence-corrected chi connectivity index (χ1v) is 16.4. The van der Waals surface area contributed by atoms with Crippen LogP contribution in [-0.4, -0.2) is 30.1 Å². The maximum Gasteiger partial charge on any atom is 1.00 e. The van der Waals surface area contributed by atoms with Crippen LogP contribution in [0.4, 0.5) is 0 Å². The second kappa shape index (κ2) is 26.6. The van der Waals surface area contributed by atoms with Crippen molar-refractivity contribution >= 4 is 0 Å². The third-order valence-electron chi connectivity index (χ3n) is 7.82. The molecule has 2 aromatic carbocycles. The van der Waals surface area contributed by atoms with Gasteiger partial charge < -0.3 is 30.6 Å². The van der Waals surface area contributed by atoms with Crippen molar-refractivity contribution in [3.05, 3.63) is 222 Å². The molecule has 6 rings (SSSR count). The van der Waals surface area contributed by atoms with Gasteiger partial charge in [-0.15, -0.1) is 0 Å². The molecule has 0 N–H and O–H groups in total. The van der Waals surface area contributed by atoms with Crippen molar-refractivity contribution < 1.29 is 54.9 Å². The van der Waals surface area contributed by atoms with E-state index >= 15 is 0 Å². The molecule has 0 bridgehead atoms. The summed E-state index contributed by atoms with van der Waals surface area (Å²) >= 11 is 0. The Bertz CT molecular complexity index is 1650. The molecule has 0 unspecified atom stereocenters. The van der Waals surface area contributed by atoms with Gasteiger partial charge in [-0.1, -0.05) is 83.9 Å². The largest absolute Gasteiger partial charge is 1.00 e. The SMILES string of the molecule is Cc1ccc(C(Cc2ccccn2)Cc2ccccn2)cc1.Cc1ccc(C(Cc2ccccn2)Cc2ccccn2)cc1.O=[N+]([O-])[O-].O=[N+]([O-])[O-].[Ag+].[Ag+]. The van der Waals surface area contributed by atoms with Gasteiger partial charge in [-0.05, 0) is 111 Å². The van der Waals surface area contributed by atoms with Gasteiger partial charge in [-0.2, -0.15) is 0 Å². The number of nitrogens with zero attached hydrogens (tertiary/aromatic N) is 6. The molecule has 0 saturated heterocycles. The van der Waals surface area contributed by atoms with Gasteiger partial charge in [0, 0.05) is 47.6 Å². The van der Waals surface area contributed by atoms with Gasteiger partial charge in [0.2, 0.25) is 0 Å². The van der Waals surface area contributed by atoms with Gasteiger partial charge in [0.1, 0.15) is 0 Å². The molecule has 0 atom stereocenters. The molecule has 12 nitrogen and oxygen atoms in total. The van der Waals surface area contributed by atoms with E-state index < -0.39 is 10.2 Å². The zero-order valence-electron chi connectivity index (χ0n) is 29.6. The monoisotopic (exact) mass is 914 g/mol. The van der Waals surface area contributed by atoms with Crippen LogP contribution in [0.15, 0.2) is 146 Å². The Morgan fingerprint density at radius 3 is 0.833 bits per heavy atom. The summed E-state index contributed by atoms with van der Waals surface area (Å²) in [7, 11) is 0. The van der Waals surface area contributed by atoms with Gasteiger partial charge in [0.15, 0.2) is 0 Å². The zero-order chi connectivity index (χ0) is 37.6. The number of hydrogen-bond donors (Lipinski definition) is 0. The van der Waals surface area contributed by atoms with Crippen LogP contribution in [0, 0.1) is 44.5 Å². The van der Waals surface area contributed by atoms with E-state index in [1.165, 1.54) is 22.3 Å². The second-order valence-corrected chi connectivity index (χ2v) is 11.8. The van der Waals surface area contributed by atoms with Gasteiger partial charge in [-0.3, -0.25) is 19.9 Å². The normalized spacial score (nSPS) is 9.70. The van der Waals surface area contributed by atoms with E-state index in [9.17, 15) is 0 Å². The fraction of sp³-hybridized carbons (Fsp3) is 0.200. The average molecular weight is 917 g/mol. The number of hydrogen-bond acceptors (Lipinski definition) is 10. The Kier molecular flexibility index (Phi) is 23.2. The average Bonchev–Trinajstić information content (AvgIpc) is 3.13. The molecule has 0 fully saturated rings. The van der Waals surface area contributed by atoms with E-state index in [2.05, 4.69) is 131 Å². The minimum atomic E-state index is -1.75. The summed E-state index contributed by atoms with van der Waals surface area (Å²) in [5.74, 6) is 0.788. The Hall–Kier alpha value is -5.08. The van der Waals surface area contributed by atoms with Crippen molar-refractivity contribution in [2.75, 3.05) is 0 Å². The first-order valence-electron chi connectivity index (χ1n) is 16.4. The molecular weight excluding hydrogens is 876 g/mol.